The van der Waals surface area contributed by atoms with Crippen LogP contribution in [0.1, 0.15) is 24.2 Å². The van der Waals surface area contributed by atoms with Gasteiger partial charge in [0.15, 0.2) is 5.65 Å². The Labute approximate surface area is 143 Å². The molecule has 0 aliphatic rings. The summed E-state index contributed by atoms with van der Waals surface area (Å²) in [4.78, 5) is 22.5. The van der Waals surface area contributed by atoms with Crippen LogP contribution in [-0.2, 0) is 11.2 Å². The number of amides is 1. The highest BCUT2D eigenvalue weighted by Gasteiger charge is 2.16. The van der Waals surface area contributed by atoms with Gasteiger partial charge in [-0.25, -0.2) is 0 Å². The molecule has 25 heavy (non-hydrogen) atoms. The number of benzene rings is 1. The Balaban J connectivity index is 1.57. The van der Waals surface area contributed by atoms with Crippen molar-refractivity contribution in [1.82, 2.24) is 19.9 Å². The van der Waals surface area contributed by atoms with Crippen LogP contribution in [0.5, 0.6) is 0 Å². The van der Waals surface area contributed by atoms with Gasteiger partial charge in [0.05, 0.1) is 10.8 Å². The van der Waals surface area contributed by atoms with Gasteiger partial charge in [-0.1, -0.05) is 18.2 Å². The smallest absolute Gasteiger partial charge is 0.269 e. The first-order valence-corrected chi connectivity index (χ1v) is 7.87. The summed E-state index contributed by atoms with van der Waals surface area (Å²) >= 11 is 0. The molecule has 1 amide bonds. The maximum Gasteiger partial charge on any atom is 0.269 e. The van der Waals surface area contributed by atoms with E-state index in [0.29, 0.717) is 13.0 Å². The molecule has 0 saturated heterocycles. The van der Waals surface area contributed by atoms with E-state index in [1.165, 1.54) is 12.1 Å². The molecule has 128 valence electrons. The molecule has 1 atom stereocenters. The maximum absolute atomic E-state index is 12.3. The van der Waals surface area contributed by atoms with Crippen LogP contribution in [0.15, 0.2) is 48.7 Å². The third kappa shape index (κ3) is 3.63. The average molecular weight is 339 g/mol. The molecule has 0 fully saturated rings. The summed E-state index contributed by atoms with van der Waals surface area (Å²) in [6.07, 6.45) is 2.44. The number of nitro groups is 1. The van der Waals surface area contributed by atoms with Crippen LogP contribution < -0.4 is 5.32 Å². The third-order valence-electron chi connectivity index (χ3n) is 4.03. The van der Waals surface area contributed by atoms with Gasteiger partial charge in [-0.15, -0.1) is 10.2 Å². The number of nitrogens with one attached hydrogen (secondary N) is 1. The van der Waals surface area contributed by atoms with Crippen molar-refractivity contribution in [3.05, 3.63) is 70.2 Å². The fraction of sp³-hybridized carbons (Fsp3) is 0.235. The van der Waals surface area contributed by atoms with Gasteiger partial charge in [-0.2, -0.15) is 0 Å². The second-order valence-corrected chi connectivity index (χ2v) is 5.66. The van der Waals surface area contributed by atoms with Crippen LogP contribution in [0, 0.1) is 10.1 Å². The fourth-order valence-corrected chi connectivity index (χ4v) is 2.55. The van der Waals surface area contributed by atoms with Crippen LogP contribution in [-0.4, -0.2) is 32.0 Å². The molecule has 1 N–H and O–H groups in total. The molecule has 0 radical (unpaired) electrons. The van der Waals surface area contributed by atoms with E-state index >= 15 is 0 Å². The van der Waals surface area contributed by atoms with E-state index in [2.05, 4.69) is 15.5 Å². The molecule has 1 unspecified atom stereocenters. The van der Waals surface area contributed by atoms with Crippen molar-refractivity contribution in [2.75, 3.05) is 6.54 Å². The number of fused-ring (bicyclic) bond motifs is 1. The minimum Gasteiger partial charge on any atom is -0.355 e. The summed E-state index contributed by atoms with van der Waals surface area (Å²) < 4.78 is 1.88. The minimum atomic E-state index is -0.461. The zero-order valence-corrected chi connectivity index (χ0v) is 13.6. The monoisotopic (exact) mass is 339 g/mol. The van der Waals surface area contributed by atoms with E-state index in [9.17, 15) is 14.9 Å². The van der Waals surface area contributed by atoms with Gasteiger partial charge in [0.1, 0.15) is 5.82 Å². The first kappa shape index (κ1) is 16.6. The number of carbonyl (C=O) groups is 1. The third-order valence-corrected chi connectivity index (χ3v) is 4.03. The summed E-state index contributed by atoms with van der Waals surface area (Å²) in [5, 5.41) is 21.7. The molecule has 3 rings (SSSR count). The molecule has 0 aliphatic heterocycles. The number of nitro benzene ring substituents is 1. The van der Waals surface area contributed by atoms with Crippen LogP contribution in [0.2, 0.25) is 0 Å². The summed E-state index contributed by atoms with van der Waals surface area (Å²) in [7, 11) is 0. The topological polar surface area (TPSA) is 102 Å². The lowest BCUT2D eigenvalue weighted by molar-refractivity contribution is -0.384. The van der Waals surface area contributed by atoms with Crippen molar-refractivity contribution in [2.24, 2.45) is 0 Å². The molecule has 8 nitrogen and oxygen atoms in total. The Hall–Kier alpha value is -3.29. The van der Waals surface area contributed by atoms with Crippen LogP contribution in [0.4, 0.5) is 5.69 Å². The molecule has 1 aromatic carbocycles. The van der Waals surface area contributed by atoms with Gasteiger partial charge in [0.2, 0.25) is 5.91 Å². The first-order valence-electron chi connectivity index (χ1n) is 7.87. The van der Waals surface area contributed by atoms with Gasteiger partial charge in [-0.05, 0) is 24.6 Å². The van der Waals surface area contributed by atoms with Gasteiger partial charge in [0.25, 0.3) is 5.69 Å². The lowest BCUT2D eigenvalue weighted by Crippen LogP contribution is -2.30. The molecule has 0 bridgehead atoms. The highest BCUT2D eigenvalue weighted by molar-refractivity contribution is 5.83. The minimum absolute atomic E-state index is 0.00930. The van der Waals surface area contributed by atoms with Gasteiger partial charge < -0.3 is 5.32 Å². The van der Waals surface area contributed by atoms with Gasteiger partial charge >= 0.3 is 0 Å². The number of nitrogens with zero attached hydrogens (tertiary/aromatic N) is 4. The molecular weight excluding hydrogens is 322 g/mol. The van der Waals surface area contributed by atoms with Crippen LogP contribution >= 0.6 is 0 Å². The second kappa shape index (κ2) is 7.08. The molecule has 0 aliphatic carbocycles. The molecule has 2 heterocycles. The highest BCUT2D eigenvalue weighted by Crippen LogP contribution is 2.19. The number of hydrogen-bond donors (Lipinski definition) is 1. The van der Waals surface area contributed by atoms with Gasteiger partial charge in [-0.3, -0.25) is 19.3 Å². The Kier molecular flexibility index (Phi) is 4.69. The molecular formula is C17H17N5O3. The van der Waals surface area contributed by atoms with E-state index in [0.717, 1.165) is 17.0 Å². The molecule has 3 aromatic rings. The predicted molar refractivity (Wildman–Crippen MR) is 91.2 cm³/mol. The Morgan fingerprint density at radius 2 is 2.00 bits per heavy atom. The lowest BCUT2D eigenvalue weighted by atomic mass is 10.00. The number of rotatable bonds is 6. The van der Waals surface area contributed by atoms with E-state index in [-0.39, 0.29) is 11.6 Å². The van der Waals surface area contributed by atoms with Crippen molar-refractivity contribution < 1.29 is 9.72 Å². The normalized spacial score (nSPS) is 12.0. The largest absolute Gasteiger partial charge is 0.355 e. The highest BCUT2D eigenvalue weighted by atomic mass is 16.6. The van der Waals surface area contributed by atoms with Crippen molar-refractivity contribution in [2.45, 2.75) is 19.3 Å². The maximum atomic E-state index is 12.3. The molecule has 0 saturated carbocycles. The van der Waals surface area contributed by atoms with Crippen molar-refractivity contribution in [1.29, 1.82) is 0 Å². The van der Waals surface area contributed by atoms with Crippen molar-refractivity contribution in [3.63, 3.8) is 0 Å². The van der Waals surface area contributed by atoms with Crippen LogP contribution in [0.25, 0.3) is 5.65 Å². The number of hydrogen-bond acceptors (Lipinski definition) is 5. The molecule has 2 aromatic heterocycles. The average Bonchev–Trinajstić information content (AvgIpc) is 3.04. The molecule has 8 heteroatoms. The summed E-state index contributed by atoms with van der Waals surface area (Å²) in [5.74, 6) is 0.248. The summed E-state index contributed by atoms with van der Waals surface area (Å²) in [6, 6.07) is 11.7. The second-order valence-electron chi connectivity index (χ2n) is 5.66. The SMILES string of the molecule is CC(C(=O)NCCc1nnc2ccccn12)c1ccc([N+](=O)[O-])cc1. The van der Waals surface area contributed by atoms with E-state index < -0.39 is 10.8 Å². The van der Waals surface area contributed by atoms with E-state index in [1.54, 1.807) is 19.1 Å². The van der Waals surface area contributed by atoms with Gasteiger partial charge in [0, 0.05) is 31.3 Å². The van der Waals surface area contributed by atoms with Crippen molar-refractivity contribution in [3.8, 4) is 0 Å². The number of non-ortho nitro benzene ring substituents is 1. The molecule has 0 spiro atoms. The number of carbonyl (C=O) groups excluding carboxylic acids is 1. The first-order chi connectivity index (χ1) is 12.1. The summed E-state index contributed by atoms with van der Waals surface area (Å²) in [5.41, 5.74) is 1.51. The lowest BCUT2D eigenvalue weighted by Gasteiger charge is -2.12. The fourth-order valence-electron chi connectivity index (χ4n) is 2.55. The quantitative estimate of drug-likeness (QED) is 0.547. The zero-order valence-electron chi connectivity index (χ0n) is 13.6. The Bertz CT molecular complexity index is 904. The Morgan fingerprint density at radius 1 is 1.24 bits per heavy atom. The van der Waals surface area contributed by atoms with E-state index in [4.69, 9.17) is 0 Å². The number of aromatic nitrogens is 3. The standard InChI is InChI=1S/C17H17N5O3/c1-12(13-5-7-14(8-6-13)22(24)25)17(23)18-10-9-16-20-19-15-4-2-3-11-21(15)16/h2-8,11-12H,9-10H2,1H3,(H,18,23). The van der Waals surface area contributed by atoms with E-state index in [1.807, 2.05) is 28.8 Å². The summed E-state index contributed by atoms with van der Waals surface area (Å²) in [6.45, 7) is 2.20. The van der Waals surface area contributed by atoms with Crippen LogP contribution in [0.3, 0.4) is 0 Å². The predicted octanol–water partition coefficient (Wildman–Crippen LogP) is 2.10. The van der Waals surface area contributed by atoms with Crippen molar-refractivity contribution >= 4 is 17.2 Å². The number of pyridine rings is 1. The zero-order chi connectivity index (χ0) is 17.8. The Morgan fingerprint density at radius 3 is 2.72 bits per heavy atom.